The maximum atomic E-state index is 14.0. The van der Waals surface area contributed by atoms with Gasteiger partial charge in [0.1, 0.15) is 5.82 Å². The van der Waals surface area contributed by atoms with Crippen molar-refractivity contribution in [2.24, 2.45) is 5.92 Å². The third-order valence-corrected chi connectivity index (χ3v) is 4.31. The highest BCUT2D eigenvalue weighted by atomic mass is 35.5. The summed E-state index contributed by atoms with van der Waals surface area (Å²) in [5, 5.41) is 12.6. The molecule has 2 N–H and O–H groups in total. The first-order chi connectivity index (χ1) is 9.11. The van der Waals surface area contributed by atoms with Crippen molar-refractivity contribution in [2.45, 2.75) is 51.7 Å². The van der Waals surface area contributed by atoms with Crippen LogP contribution in [0.3, 0.4) is 0 Å². The van der Waals surface area contributed by atoms with Gasteiger partial charge in [-0.05, 0) is 43.4 Å². The normalized spacial score (nSPS) is 18.3. The molecule has 1 aliphatic carbocycles. The molecule has 4 heteroatoms. The Morgan fingerprint density at radius 3 is 2.63 bits per heavy atom. The maximum Gasteiger partial charge on any atom is 0.148 e. The van der Waals surface area contributed by atoms with Crippen LogP contribution < -0.4 is 5.32 Å². The Morgan fingerprint density at radius 2 is 2.05 bits per heavy atom. The van der Waals surface area contributed by atoms with Gasteiger partial charge in [0.15, 0.2) is 0 Å². The van der Waals surface area contributed by atoms with Crippen molar-refractivity contribution in [3.05, 3.63) is 28.5 Å². The zero-order valence-corrected chi connectivity index (χ0v) is 12.0. The van der Waals surface area contributed by atoms with Gasteiger partial charge in [0, 0.05) is 6.04 Å². The van der Waals surface area contributed by atoms with Crippen LogP contribution >= 0.6 is 11.6 Å². The van der Waals surface area contributed by atoms with E-state index in [2.05, 4.69) is 12.2 Å². The molecule has 19 heavy (non-hydrogen) atoms. The maximum absolute atomic E-state index is 14.0. The second kappa shape index (κ2) is 6.58. The van der Waals surface area contributed by atoms with Crippen molar-refractivity contribution < 1.29 is 9.50 Å². The van der Waals surface area contributed by atoms with Crippen LogP contribution in [0.1, 0.15) is 44.6 Å². The van der Waals surface area contributed by atoms with Crippen LogP contribution in [0.25, 0.3) is 0 Å². The summed E-state index contributed by atoms with van der Waals surface area (Å²) in [4.78, 5) is 0. The van der Waals surface area contributed by atoms with E-state index in [9.17, 15) is 4.39 Å². The van der Waals surface area contributed by atoms with Gasteiger partial charge in [0.05, 0.1) is 17.3 Å². The van der Waals surface area contributed by atoms with E-state index in [4.69, 9.17) is 16.7 Å². The molecule has 1 aromatic carbocycles. The summed E-state index contributed by atoms with van der Waals surface area (Å²) < 4.78 is 14.0. The van der Waals surface area contributed by atoms with Crippen molar-refractivity contribution in [1.82, 2.24) is 0 Å². The fourth-order valence-electron chi connectivity index (χ4n) is 2.83. The van der Waals surface area contributed by atoms with Crippen LogP contribution in [0.4, 0.5) is 10.1 Å². The third kappa shape index (κ3) is 3.61. The molecule has 2 rings (SSSR count). The topological polar surface area (TPSA) is 32.3 Å². The summed E-state index contributed by atoms with van der Waals surface area (Å²) in [6, 6.07) is 3.16. The first kappa shape index (κ1) is 14.6. The number of benzene rings is 1. The summed E-state index contributed by atoms with van der Waals surface area (Å²) in [6.45, 7) is 1.89. The zero-order valence-electron chi connectivity index (χ0n) is 11.3. The number of aliphatic hydroxyl groups excluding tert-OH is 1. The molecule has 0 spiro atoms. The molecule has 0 aromatic heterocycles. The lowest BCUT2D eigenvalue weighted by molar-refractivity contribution is 0.281. The summed E-state index contributed by atoms with van der Waals surface area (Å²) in [6.07, 6.45) is 6.22. The van der Waals surface area contributed by atoms with Gasteiger partial charge >= 0.3 is 0 Å². The second-order valence-electron chi connectivity index (χ2n) is 5.42. The van der Waals surface area contributed by atoms with E-state index in [1.807, 2.05) is 0 Å². The molecular weight excluding hydrogens is 265 g/mol. The average Bonchev–Trinajstić information content (AvgIpc) is 2.43. The van der Waals surface area contributed by atoms with Crippen molar-refractivity contribution in [3.8, 4) is 0 Å². The number of rotatable bonds is 4. The average molecular weight is 286 g/mol. The highest BCUT2D eigenvalue weighted by Crippen LogP contribution is 2.32. The minimum absolute atomic E-state index is 0.199. The monoisotopic (exact) mass is 285 g/mol. The molecule has 0 aliphatic heterocycles. The number of halogens is 2. The Labute approximate surface area is 119 Å². The summed E-state index contributed by atoms with van der Waals surface area (Å²) in [7, 11) is 0. The van der Waals surface area contributed by atoms with Crippen LogP contribution in [0.5, 0.6) is 0 Å². The zero-order chi connectivity index (χ0) is 13.8. The van der Waals surface area contributed by atoms with E-state index in [0.29, 0.717) is 22.2 Å². The highest BCUT2D eigenvalue weighted by Gasteiger charge is 2.21. The molecule has 0 radical (unpaired) electrons. The second-order valence-corrected chi connectivity index (χ2v) is 5.83. The molecule has 1 saturated carbocycles. The molecule has 1 atom stereocenters. The summed E-state index contributed by atoms with van der Waals surface area (Å²) in [5.74, 6) is 0.195. The minimum atomic E-state index is -0.390. The van der Waals surface area contributed by atoms with Crippen LogP contribution in [0, 0.1) is 11.7 Å². The molecule has 1 fully saturated rings. The Kier molecular flexibility index (Phi) is 5.06. The van der Waals surface area contributed by atoms with E-state index in [0.717, 1.165) is 0 Å². The summed E-state index contributed by atoms with van der Waals surface area (Å²) in [5.41, 5.74) is 0.857. The van der Waals surface area contributed by atoms with Crippen molar-refractivity contribution in [1.29, 1.82) is 0 Å². The SMILES string of the molecule is C[C@@H](Nc1c(F)cc(CO)cc1Cl)C1CCCCC1. The molecule has 0 amide bonds. The van der Waals surface area contributed by atoms with E-state index in [1.165, 1.54) is 38.2 Å². The number of aliphatic hydroxyl groups is 1. The quantitative estimate of drug-likeness (QED) is 0.862. The van der Waals surface area contributed by atoms with E-state index in [-0.39, 0.29) is 18.5 Å². The summed E-state index contributed by atoms with van der Waals surface area (Å²) >= 11 is 6.08. The Bertz CT molecular complexity index is 409. The molecule has 2 nitrogen and oxygen atoms in total. The van der Waals surface area contributed by atoms with E-state index < -0.39 is 0 Å². The Balaban J connectivity index is 2.09. The fraction of sp³-hybridized carbons (Fsp3) is 0.600. The fourth-order valence-corrected chi connectivity index (χ4v) is 3.12. The van der Waals surface area contributed by atoms with E-state index >= 15 is 0 Å². The molecular formula is C15H21ClFNO. The van der Waals surface area contributed by atoms with Crippen molar-refractivity contribution in [3.63, 3.8) is 0 Å². The van der Waals surface area contributed by atoms with Crippen molar-refractivity contribution in [2.75, 3.05) is 5.32 Å². The molecule has 0 bridgehead atoms. The Morgan fingerprint density at radius 1 is 1.37 bits per heavy atom. The lowest BCUT2D eigenvalue weighted by atomic mass is 9.84. The molecule has 1 aliphatic rings. The Hall–Kier alpha value is -0.800. The number of hydrogen-bond acceptors (Lipinski definition) is 2. The molecule has 106 valence electrons. The molecule has 0 unspecified atom stereocenters. The van der Waals surface area contributed by atoms with Gasteiger partial charge < -0.3 is 10.4 Å². The van der Waals surface area contributed by atoms with Crippen LogP contribution in [-0.4, -0.2) is 11.1 Å². The van der Waals surface area contributed by atoms with E-state index in [1.54, 1.807) is 6.07 Å². The minimum Gasteiger partial charge on any atom is -0.392 e. The molecule has 1 aromatic rings. The van der Waals surface area contributed by atoms with Gasteiger partial charge in [-0.15, -0.1) is 0 Å². The van der Waals surface area contributed by atoms with Gasteiger partial charge in [0.25, 0.3) is 0 Å². The largest absolute Gasteiger partial charge is 0.392 e. The number of hydrogen-bond donors (Lipinski definition) is 2. The van der Waals surface area contributed by atoms with Crippen LogP contribution in [0.2, 0.25) is 5.02 Å². The van der Waals surface area contributed by atoms with Gasteiger partial charge in [-0.1, -0.05) is 30.9 Å². The lowest BCUT2D eigenvalue weighted by Gasteiger charge is -2.29. The number of anilines is 1. The van der Waals surface area contributed by atoms with Gasteiger partial charge in [-0.3, -0.25) is 0 Å². The number of nitrogens with one attached hydrogen (secondary N) is 1. The molecule has 0 heterocycles. The van der Waals surface area contributed by atoms with Crippen LogP contribution in [-0.2, 0) is 6.61 Å². The predicted octanol–water partition coefficient (Wildman–Crippen LogP) is 4.35. The highest BCUT2D eigenvalue weighted by molar-refractivity contribution is 6.33. The van der Waals surface area contributed by atoms with Gasteiger partial charge in [-0.2, -0.15) is 0 Å². The predicted molar refractivity (Wildman–Crippen MR) is 77.0 cm³/mol. The van der Waals surface area contributed by atoms with Crippen molar-refractivity contribution >= 4 is 17.3 Å². The first-order valence-corrected chi connectivity index (χ1v) is 7.35. The standard InChI is InChI=1S/C15H21ClFNO/c1-10(12-5-3-2-4-6-12)18-15-13(16)7-11(9-19)8-14(15)17/h7-8,10,12,18-19H,2-6,9H2,1H3/t10-/m1/s1. The third-order valence-electron chi connectivity index (χ3n) is 4.01. The molecule has 0 saturated heterocycles. The lowest BCUT2D eigenvalue weighted by Crippen LogP contribution is -2.28. The van der Waals surface area contributed by atoms with Crippen LogP contribution in [0.15, 0.2) is 12.1 Å². The van der Waals surface area contributed by atoms with Gasteiger partial charge in [0.2, 0.25) is 0 Å². The van der Waals surface area contributed by atoms with Gasteiger partial charge in [-0.25, -0.2) is 4.39 Å². The first-order valence-electron chi connectivity index (χ1n) is 6.97. The smallest absolute Gasteiger partial charge is 0.148 e.